The summed E-state index contributed by atoms with van der Waals surface area (Å²) in [5.74, 6) is 0.506. The Kier molecular flexibility index (Phi) is 4.60. The van der Waals surface area contributed by atoms with Gasteiger partial charge in [0, 0.05) is 10.2 Å². The van der Waals surface area contributed by atoms with E-state index in [1.54, 1.807) is 0 Å². The van der Waals surface area contributed by atoms with Gasteiger partial charge in [-0.2, -0.15) is 5.10 Å². The molecule has 2 aromatic rings. The van der Waals surface area contributed by atoms with Crippen LogP contribution in [0.3, 0.4) is 0 Å². The van der Waals surface area contributed by atoms with Gasteiger partial charge in [0.1, 0.15) is 5.75 Å². The predicted molar refractivity (Wildman–Crippen MR) is 81.3 cm³/mol. The monoisotopic (exact) mass is 336 g/mol. The van der Waals surface area contributed by atoms with Crippen molar-refractivity contribution in [3.05, 3.63) is 45.7 Å². The zero-order chi connectivity index (χ0) is 14.7. The quantitative estimate of drug-likeness (QED) is 0.857. The molecule has 0 spiro atoms. The van der Waals surface area contributed by atoms with E-state index in [9.17, 15) is 4.79 Å². The predicted octanol–water partition coefficient (Wildman–Crippen LogP) is 3.54. The average Bonchev–Trinajstić information content (AvgIpc) is 2.72. The van der Waals surface area contributed by atoms with Crippen LogP contribution in [-0.2, 0) is 6.42 Å². The molecule has 0 saturated carbocycles. The molecule has 5 heteroatoms. The molecule has 0 unspecified atom stereocenters. The van der Waals surface area contributed by atoms with Gasteiger partial charge in [-0.05, 0) is 50.1 Å². The third kappa shape index (κ3) is 3.10. The number of benzene rings is 1. The lowest BCUT2D eigenvalue weighted by Crippen LogP contribution is -2.21. The van der Waals surface area contributed by atoms with Crippen LogP contribution in [0.2, 0.25) is 0 Å². The van der Waals surface area contributed by atoms with E-state index in [-0.39, 0.29) is 12.5 Å². The van der Waals surface area contributed by atoms with Crippen molar-refractivity contribution in [1.29, 1.82) is 0 Å². The topological polar surface area (TPSA) is 44.1 Å². The van der Waals surface area contributed by atoms with Crippen molar-refractivity contribution < 1.29 is 9.53 Å². The van der Waals surface area contributed by atoms with Crippen LogP contribution in [0.4, 0.5) is 0 Å². The summed E-state index contributed by atoms with van der Waals surface area (Å²) in [6.07, 6.45) is 0.874. The molecule has 0 saturated heterocycles. The van der Waals surface area contributed by atoms with Crippen molar-refractivity contribution in [3.63, 3.8) is 0 Å². The van der Waals surface area contributed by atoms with Crippen molar-refractivity contribution in [1.82, 2.24) is 9.78 Å². The van der Waals surface area contributed by atoms with E-state index in [1.165, 1.54) is 4.68 Å². The first kappa shape index (κ1) is 14.8. The molecule has 0 fully saturated rings. The molecule has 0 atom stereocenters. The molecule has 0 N–H and O–H groups in total. The summed E-state index contributed by atoms with van der Waals surface area (Å²) in [5, 5.41) is 4.29. The fourth-order valence-electron chi connectivity index (χ4n) is 2.17. The second kappa shape index (κ2) is 6.22. The highest BCUT2D eigenvalue weighted by Gasteiger charge is 2.15. The highest BCUT2D eigenvalue weighted by atomic mass is 79.9. The highest BCUT2D eigenvalue weighted by Crippen LogP contribution is 2.17. The number of nitrogens with zero attached hydrogens (tertiary/aromatic N) is 2. The van der Waals surface area contributed by atoms with Crippen molar-refractivity contribution in [2.75, 3.05) is 6.61 Å². The number of carbonyl (C=O) groups is 1. The van der Waals surface area contributed by atoms with Gasteiger partial charge in [0.2, 0.25) is 0 Å². The summed E-state index contributed by atoms with van der Waals surface area (Å²) in [5.41, 5.74) is 2.93. The fraction of sp³-hybridized carbons (Fsp3) is 0.333. The summed E-state index contributed by atoms with van der Waals surface area (Å²) in [6, 6.07) is 7.38. The van der Waals surface area contributed by atoms with E-state index in [0.717, 1.165) is 27.8 Å². The lowest BCUT2D eigenvalue weighted by molar-refractivity contribution is 0.0818. The smallest absolute Gasteiger partial charge is 0.284 e. The van der Waals surface area contributed by atoms with Gasteiger partial charge in [-0.15, -0.1) is 0 Å². The number of hydrogen-bond donors (Lipinski definition) is 0. The van der Waals surface area contributed by atoms with Gasteiger partial charge in [-0.25, -0.2) is 4.68 Å². The summed E-state index contributed by atoms with van der Waals surface area (Å²) in [7, 11) is 0. The molecule has 0 bridgehead atoms. The van der Waals surface area contributed by atoms with Gasteiger partial charge >= 0.3 is 0 Å². The van der Waals surface area contributed by atoms with Crippen LogP contribution in [-0.4, -0.2) is 22.3 Å². The molecule has 0 aliphatic heterocycles. The third-order valence-electron chi connectivity index (χ3n) is 3.21. The van der Waals surface area contributed by atoms with Gasteiger partial charge in [0.15, 0.2) is 6.61 Å². The van der Waals surface area contributed by atoms with Gasteiger partial charge in [0.25, 0.3) is 5.91 Å². The average molecular weight is 337 g/mol. The first-order valence-corrected chi connectivity index (χ1v) is 7.29. The van der Waals surface area contributed by atoms with E-state index in [4.69, 9.17) is 4.74 Å². The molecular formula is C15H17BrN2O2. The molecule has 1 aromatic heterocycles. The summed E-state index contributed by atoms with van der Waals surface area (Å²) in [4.78, 5) is 12.2. The van der Waals surface area contributed by atoms with Crippen LogP contribution in [0, 0.1) is 13.8 Å². The molecule has 1 heterocycles. The molecule has 2 rings (SSSR count). The number of aromatic nitrogens is 2. The number of rotatable bonds is 4. The molecule has 1 aromatic carbocycles. The van der Waals surface area contributed by atoms with Crippen LogP contribution in [0.5, 0.6) is 5.75 Å². The zero-order valence-corrected chi connectivity index (χ0v) is 13.4. The van der Waals surface area contributed by atoms with Crippen molar-refractivity contribution in [2.24, 2.45) is 0 Å². The molecule has 20 heavy (non-hydrogen) atoms. The Labute approximate surface area is 126 Å². The number of halogens is 1. The fourth-order valence-corrected chi connectivity index (χ4v) is 2.43. The molecule has 0 radical (unpaired) electrons. The van der Waals surface area contributed by atoms with Gasteiger partial charge < -0.3 is 4.74 Å². The maximum absolute atomic E-state index is 12.2. The zero-order valence-electron chi connectivity index (χ0n) is 11.8. The molecule has 4 nitrogen and oxygen atoms in total. The summed E-state index contributed by atoms with van der Waals surface area (Å²) in [6.45, 7) is 5.87. The van der Waals surface area contributed by atoms with Crippen LogP contribution < -0.4 is 4.74 Å². The van der Waals surface area contributed by atoms with Gasteiger partial charge in [0.05, 0.1) is 5.69 Å². The Morgan fingerprint density at radius 1 is 1.30 bits per heavy atom. The standard InChI is InChI=1S/C15H17BrN2O2/c1-4-14-10(2)17-18(11(14)3)15(19)9-20-13-7-5-12(16)6-8-13/h5-8H,4,9H2,1-3H3. The Bertz CT molecular complexity index is 618. The second-order valence-corrected chi connectivity index (χ2v) is 5.47. The second-order valence-electron chi connectivity index (χ2n) is 4.55. The molecule has 0 amide bonds. The van der Waals surface area contributed by atoms with Crippen LogP contribution in [0.25, 0.3) is 0 Å². The number of aryl methyl sites for hydroxylation is 1. The minimum absolute atomic E-state index is 0.0211. The minimum atomic E-state index is -0.159. The molecular weight excluding hydrogens is 320 g/mol. The van der Waals surface area contributed by atoms with Crippen molar-refractivity contribution in [2.45, 2.75) is 27.2 Å². The van der Waals surface area contributed by atoms with Crippen molar-refractivity contribution in [3.8, 4) is 5.75 Å². The molecule has 0 aliphatic carbocycles. The third-order valence-corrected chi connectivity index (χ3v) is 3.74. The van der Waals surface area contributed by atoms with E-state index < -0.39 is 0 Å². The number of hydrogen-bond acceptors (Lipinski definition) is 3. The van der Waals surface area contributed by atoms with Crippen molar-refractivity contribution >= 4 is 21.8 Å². The molecule has 0 aliphatic rings. The largest absolute Gasteiger partial charge is 0.484 e. The van der Waals surface area contributed by atoms with E-state index in [0.29, 0.717) is 5.75 Å². The first-order valence-electron chi connectivity index (χ1n) is 6.49. The lowest BCUT2D eigenvalue weighted by Gasteiger charge is -2.07. The van der Waals surface area contributed by atoms with Crippen LogP contribution in [0.15, 0.2) is 28.7 Å². The molecule has 106 valence electrons. The Morgan fingerprint density at radius 3 is 2.50 bits per heavy atom. The normalized spacial score (nSPS) is 10.6. The van der Waals surface area contributed by atoms with Gasteiger partial charge in [-0.3, -0.25) is 4.79 Å². The highest BCUT2D eigenvalue weighted by molar-refractivity contribution is 9.10. The Balaban J connectivity index is 2.07. The Hall–Kier alpha value is -1.62. The first-order chi connectivity index (χ1) is 9.52. The SMILES string of the molecule is CCc1c(C)nn(C(=O)COc2ccc(Br)cc2)c1C. The van der Waals surface area contributed by atoms with E-state index >= 15 is 0 Å². The summed E-state index contributed by atoms with van der Waals surface area (Å²) < 4.78 is 7.90. The number of ether oxygens (including phenoxy) is 1. The van der Waals surface area contributed by atoms with E-state index in [1.807, 2.05) is 38.1 Å². The lowest BCUT2D eigenvalue weighted by atomic mass is 10.1. The maximum atomic E-state index is 12.2. The van der Waals surface area contributed by atoms with Crippen LogP contribution >= 0.6 is 15.9 Å². The summed E-state index contributed by atoms with van der Waals surface area (Å²) >= 11 is 3.35. The van der Waals surface area contributed by atoms with Gasteiger partial charge in [-0.1, -0.05) is 22.9 Å². The minimum Gasteiger partial charge on any atom is -0.484 e. The Morgan fingerprint density at radius 2 is 1.95 bits per heavy atom. The van der Waals surface area contributed by atoms with E-state index in [2.05, 4.69) is 28.0 Å². The number of carbonyl (C=O) groups excluding carboxylic acids is 1. The maximum Gasteiger partial charge on any atom is 0.284 e. The van der Waals surface area contributed by atoms with Crippen LogP contribution in [0.1, 0.15) is 28.7 Å².